The number of ether oxygens (including phenoxy) is 1. The van der Waals surface area contributed by atoms with E-state index in [4.69, 9.17) is 0 Å². The fourth-order valence-electron chi connectivity index (χ4n) is 2.42. The van der Waals surface area contributed by atoms with Crippen molar-refractivity contribution < 1.29 is 13.5 Å². The van der Waals surface area contributed by atoms with Crippen LogP contribution in [0.5, 0.6) is 5.75 Å². The summed E-state index contributed by atoms with van der Waals surface area (Å²) >= 11 is 0. The van der Waals surface area contributed by atoms with E-state index < -0.39 is 6.61 Å². The van der Waals surface area contributed by atoms with E-state index in [-0.39, 0.29) is 11.8 Å². The monoisotopic (exact) mass is 291 g/mol. The molecule has 1 atom stereocenters. The van der Waals surface area contributed by atoms with Crippen LogP contribution in [0.3, 0.4) is 0 Å². The molecule has 0 aliphatic rings. The van der Waals surface area contributed by atoms with Crippen molar-refractivity contribution >= 4 is 0 Å². The number of rotatable bonds is 6. The Morgan fingerprint density at radius 2 is 1.86 bits per heavy atom. The smallest absolute Gasteiger partial charge is 0.387 e. The Morgan fingerprint density at radius 3 is 2.52 bits per heavy atom. The zero-order valence-electron chi connectivity index (χ0n) is 12.1. The van der Waals surface area contributed by atoms with E-state index in [1.807, 2.05) is 25.2 Å². The van der Waals surface area contributed by atoms with Gasteiger partial charge in [-0.2, -0.15) is 8.78 Å². The Balaban J connectivity index is 2.41. The molecule has 4 heteroatoms. The molecule has 2 nitrogen and oxygen atoms in total. The summed E-state index contributed by atoms with van der Waals surface area (Å²) in [6.45, 7) is -0.743. The molecule has 0 amide bonds. The minimum atomic E-state index is -2.83. The van der Waals surface area contributed by atoms with Gasteiger partial charge in [0, 0.05) is 5.56 Å². The molecule has 0 saturated heterocycles. The maximum atomic E-state index is 12.5. The number of benzene rings is 2. The Hall–Kier alpha value is -1.94. The predicted molar refractivity (Wildman–Crippen MR) is 79.8 cm³/mol. The Bertz CT molecular complexity index is 587. The molecule has 0 fully saturated rings. The zero-order valence-corrected chi connectivity index (χ0v) is 12.1. The van der Waals surface area contributed by atoms with Gasteiger partial charge in [-0.25, -0.2) is 0 Å². The van der Waals surface area contributed by atoms with Crippen molar-refractivity contribution in [2.75, 3.05) is 7.05 Å². The topological polar surface area (TPSA) is 21.3 Å². The Morgan fingerprint density at radius 1 is 1.10 bits per heavy atom. The number of hydrogen-bond acceptors (Lipinski definition) is 2. The molecule has 0 radical (unpaired) electrons. The zero-order chi connectivity index (χ0) is 15.2. The van der Waals surface area contributed by atoms with Crippen LogP contribution in [0.4, 0.5) is 8.78 Å². The van der Waals surface area contributed by atoms with E-state index in [9.17, 15) is 8.78 Å². The van der Waals surface area contributed by atoms with E-state index >= 15 is 0 Å². The van der Waals surface area contributed by atoms with Crippen LogP contribution in [0.15, 0.2) is 48.5 Å². The summed E-state index contributed by atoms with van der Waals surface area (Å²) < 4.78 is 29.7. The normalized spacial score (nSPS) is 12.4. The lowest BCUT2D eigenvalue weighted by Crippen LogP contribution is -2.19. The molecule has 2 aromatic rings. The van der Waals surface area contributed by atoms with Gasteiger partial charge in [-0.05, 0) is 30.7 Å². The maximum Gasteiger partial charge on any atom is 0.387 e. The maximum absolute atomic E-state index is 12.5. The lowest BCUT2D eigenvalue weighted by Gasteiger charge is -2.21. The lowest BCUT2D eigenvalue weighted by molar-refractivity contribution is -0.0506. The second kappa shape index (κ2) is 7.18. The van der Waals surface area contributed by atoms with Crippen LogP contribution >= 0.6 is 0 Å². The van der Waals surface area contributed by atoms with E-state index in [0.29, 0.717) is 5.56 Å². The molecule has 1 N–H and O–H groups in total. The summed E-state index contributed by atoms with van der Waals surface area (Å²) in [5, 5.41) is 3.17. The molecule has 0 bridgehead atoms. The van der Waals surface area contributed by atoms with Crippen LogP contribution in [0, 0.1) is 0 Å². The third-order valence-electron chi connectivity index (χ3n) is 3.43. The molecule has 2 rings (SSSR count). The van der Waals surface area contributed by atoms with Crippen molar-refractivity contribution in [3.8, 4) is 5.75 Å². The summed E-state index contributed by atoms with van der Waals surface area (Å²) in [6.07, 6.45) is 0.930. The molecule has 0 aliphatic heterocycles. The summed E-state index contributed by atoms with van der Waals surface area (Å²) in [5.74, 6) is 0.203. The van der Waals surface area contributed by atoms with Crippen LogP contribution in [-0.2, 0) is 6.42 Å². The third-order valence-corrected chi connectivity index (χ3v) is 3.43. The van der Waals surface area contributed by atoms with Gasteiger partial charge in [0.25, 0.3) is 0 Å². The highest BCUT2D eigenvalue weighted by molar-refractivity contribution is 5.42. The van der Waals surface area contributed by atoms with E-state index in [2.05, 4.69) is 29.1 Å². The van der Waals surface area contributed by atoms with Crippen LogP contribution in [0.2, 0.25) is 0 Å². The van der Waals surface area contributed by atoms with E-state index in [1.54, 1.807) is 18.2 Å². The second-order valence-electron chi connectivity index (χ2n) is 4.74. The van der Waals surface area contributed by atoms with Crippen molar-refractivity contribution in [3.05, 3.63) is 65.2 Å². The van der Waals surface area contributed by atoms with Gasteiger partial charge in [-0.1, -0.05) is 49.4 Å². The molecular weight excluding hydrogens is 272 g/mol. The minimum Gasteiger partial charge on any atom is -0.434 e. The van der Waals surface area contributed by atoms with Gasteiger partial charge in [0.1, 0.15) is 5.75 Å². The van der Waals surface area contributed by atoms with Gasteiger partial charge in [0.2, 0.25) is 0 Å². The molecule has 1 unspecified atom stereocenters. The second-order valence-corrected chi connectivity index (χ2v) is 4.74. The fraction of sp³-hybridized carbons (Fsp3) is 0.294. The molecule has 0 aromatic heterocycles. The molecular formula is C17H19F2NO. The Kier molecular flexibility index (Phi) is 5.28. The Labute approximate surface area is 123 Å². The summed E-state index contributed by atoms with van der Waals surface area (Å²) in [5.41, 5.74) is 2.94. The van der Waals surface area contributed by atoms with Gasteiger partial charge in [0.05, 0.1) is 6.04 Å². The van der Waals surface area contributed by atoms with Crippen molar-refractivity contribution in [2.45, 2.75) is 26.0 Å². The molecule has 112 valence electrons. The largest absolute Gasteiger partial charge is 0.434 e. The van der Waals surface area contributed by atoms with Crippen LogP contribution in [-0.4, -0.2) is 13.7 Å². The van der Waals surface area contributed by atoms with Gasteiger partial charge in [0.15, 0.2) is 0 Å². The first kappa shape index (κ1) is 15.4. The fourth-order valence-corrected chi connectivity index (χ4v) is 2.42. The van der Waals surface area contributed by atoms with Crippen LogP contribution in [0.1, 0.15) is 29.7 Å². The number of alkyl halides is 2. The number of para-hydroxylation sites is 1. The molecule has 21 heavy (non-hydrogen) atoms. The van der Waals surface area contributed by atoms with Crippen molar-refractivity contribution in [3.63, 3.8) is 0 Å². The van der Waals surface area contributed by atoms with Gasteiger partial charge in [-0.3, -0.25) is 0 Å². The molecule has 0 aliphatic carbocycles. The van der Waals surface area contributed by atoms with Crippen molar-refractivity contribution in [1.82, 2.24) is 5.32 Å². The summed E-state index contributed by atoms with van der Waals surface area (Å²) in [6, 6.07) is 14.8. The first-order valence-electron chi connectivity index (χ1n) is 6.95. The first-order valence-corrected chi connectivity index (χ1v) is 6.95. The summed E-state index contributed by atoms with van der Waals surface area (Å²) in [7, 11) is 1.81. The number of halogens is 2. The van der Waals surface area contributed by atoms with Crippen LogP contribution < -0.4 is 10.1 Å². The van der Waals surface area contributed by atoms with Crippen molar-refractivity contribution in [1.29, 1.82) is 0 Å². The SMILES string of the molecule is CCc1cccc(C(NC)c2ccccc2OC(F)F)c1. The highest BCUT2D eigenvalue weighted by Crippen LogP contribution is 2.31. The average molecular weight is 291 g/mol. The molecule has 0 spiro atoms. The lowest BCUT2D eigenvalue weighted by atomic mass is 9.96. The van der Waals surface area contributed by atoms with E-state index in [0.717, 1.165) is 12.0 Å². The highest BCUT2D eigenvalue weighted by atomic mass is 19.3. The van der Waals surface area contributed by atoms with Gasteiger partial charge in [-0.15, -0.1) is 0 Å². The first-order chi connectivity index (χ1) is 10.2. The molecule has 0 saturated carbocycles. The average Bonchev–Trinajstić information content (AvgIpc) is 2.49. The van der Waals surface area contributed by atoms with Crippen LogP contribution in [0.25, 0.3) is 0 Å². The standard InChI is InChI=1S/C17H19F2NO/c1-3-12-7-6-8-13(11-12)16(20-2)14-9-4-5-10-15(14)21-17(18)19/h4-11,16-17,20H,3H2,1-2H3. The van der Waals surface area contributed by atoms with Gasteiger partial charge >= 0.3 is 6.61 Å². The molecule has 2 aromatic carbocycles. The van der Waals surface area contributed by atoms with E-state index in [1.165, 1.54) is 5.56 Å². The predicted octanol–water partition coefficient (Wildman–Crippen LogP) is 4.16. The van der Waals surface area contributed by atoms with Gasteiger partial charge < -0.3 is 10.1 Å². The summed E-state index contributed by atoms with van der Waals surface area (Å²) in [4.78, 5) is 0. The van der Waals surface area contributed by atoms with Crippen molar-refractivity contribution in [2.24, 2.45) is 0 Å². The highest BCUT2D eigenvalue weighted by Gasteiger charge is 2.18. The number of hydrogen-bond donors (Lipinski definition) is 1. The number of aryl methyl sites for hydroxylation is 1. The quantitative estimate of drug-likeness (QED) is 0.863. The number of nitrogens with one attached hydrogen (secondary N) is 1. The molecule has 0 heterocycles. The minimum absolute atomic E-state index is 0.188. The third kappa shape index (κ3) is 3.79.